The van der Waals surface area contributed by atoms with Gasteiger partial charge >= 0.3 is 6.18 Å². The zero-order valence-corrected chi connectivity index (χ0v) is 16.6. The standard InChI is InChI=1S/C24H18F3NO2/c1-23(2,3)20-15-9-8-14(24(25,26)27)11-17(15)13(12-28)10-18-21(29)16-6-4-5-7-19(16)30-22(18)20/h4-11,20H,1-3H3. The zero-order valence-electron chi connectivity index (χ0n) is 16.6. The molecule has 0 amide bonds. The van der Waals surface area contributed by atoms with E-state index in [1.807, 2.05) is 26.8 Å². The van der Waals surface area contributed by atoms with E-state index >= 15 is 0 Å². The largest absolute Gasteiger partial charge is 0.460 e. The van der Waals surface area contributed by atoms with Crippen LogP contribution in [0.1, 0.15) is 54.7 Å². The summed E-state index contributed by atoms with van der Waals surface area (Å²) in [5.74, 6) is -0.165. The van der Waals surface area contributed by atoms with Crippen molar-refractivity contribution in [2.45, 2.75) is 32.9 Å². The van der Waals surface area contributed by atoms with Gasteiger partial charge in [0.05, 0.1) is 28.2 Å². The quantitative estimate of drug-likeness (QED) is 0.434. The molecule has 0 saturated carbocycles. The maximum absolute atomic E-state index is 13.4. The number of para-hydroxylation sites is 1. The van der Waals surface area contributed by atoms with E-state index in [-0.39, 0.29) is 22.1 Å². The summed E-state index contributed by atoms with van der Waals surface area (Å²) < 4.78 is 46.3. The van der Waals surface area contributed by atoms with Crippen molar-refractivity contribution >= 4 is 22.6 Å². The number of rotatable bonds is 0. The third-order valence-corrected chi connectivity index (χ3v) is 5.38. The van der Waals surface area contributed by atoms with Crippen molar-refractivity contribution in [2.24, 2.45) is 5.41 Å². The van der Waals surface area contributed by atoms with Gasteiger partial charge in [-0.15, -0.1) is 0 Å². The molecular weight excluding hydrogens is 391 g/mol. The monoisotopic (exact) mass is 409 g/mol. The van der Waals surface area contributed by atoms with Crippen molar-refractivity contribution in [3.63, 3.8) is 0 Å². The number of alkyl halides is 3. The van der Waals surface area contributed by atoms with Crippen LogP contribution in [-0.2, 0) is 6.18 Å². The van der Waals surface area contributed by atoms with E-state index in [2.05, 4.69) is 0 Å². The van der Waals surface area contributed by atoms with Crippen LogP contribution < -0.4 is 5.43 Å². The minimum absolute atomic E-state index is 0.00619. The molecule has 0 fully saturated rings. The molecule has 0 N–H and O–H groups in total. The molecule has 0 radical (unpaired) electrons. The van der Waals surface area contributed by atoms with Crippen LogP contribution in [0.5, 0.6) is 0 Å². The van der Waals surface area contributed by atoms with E-state index in [0.717, 1.165) is 12.1 Å². The molecule has 1 unspecified atom stereocenters. The third kappa shape index (κ3) is 3.11. The maximum atomic E-state index is 13.4. The first-order valence-corrected chi connectivity index (χ1v) is 9.41. The van der Waals surface area contributed by atoms with E-state index in [0.29, 0.717) is 22.3 Å². The molecule has 0 bridgehead atoms. The SMILES string of the molecule is CC(C)(C)C1c2ccc(C(F)(F)F)cc2C(C#N)=Cc2c1oc1ccccc1c2=O. The van der Waals surface area contributed by atoms with Gasteiger partial charge in [0.25, 0.3) is 0 Å². The van der Waals surface area contributed by atoms with Gasteiger partial charge in [-0.05, 0) is 46.9 Å². The molecule has 1 atom stereocenters. The molecule has 3 aromatic rings. The molecule has 152 valence electrons. The second-order valence-corrected chi connectivity index (χ2v) is 8.47. The van der Waals surface area contributed by atoms with Gasteiger partial charge in [0, 0.05) is 5.92 Å². The molecule has 1 heterocycles. The number of hydrogen-bond donors (Lipinski definition) is 0. The third-order valence-electron chi connectivity index (χ3n) is 5.38. The van der Waals surface area contributed by atoms with Crippen LogP contribution in [0.15, 0.2) is 51.7 Å². The second-order valence-electron chi connectivity index (χ2n) is 8.47. The van der Waals surface area contributed by atoms with Gasteiger partial charge in [0.15, 0.2) is 5.43 Å². The predicted octanol–water partition coefficient (Wildman–Crippen LogP) is 6.37. The molecule has 30 heavy (non-hydrogen) atoms. The zero-order chi connectivity index (χ0) is 21.8. The normalized spacial score (nSPS) is 16.3. The Morgan fingerprint density at radius 1 is 1.07 bits per heavy atom. The molecule has 1 aliphatic carbocycles. The molecule has 2 aromatic carbocycles. The molecule has 3 nitrogen and oxygen atoms in total. The minimum atomic E-state index is -4.55. The highest BCUT2D eigenvalue weighted by Gasteiger charge is 2.39. The number of allylic oxidation sites excluding steroid dienone is 1. The first-order chi connectivity index (χ1) is 14.0. The summed E-state index contributed by atoms with van der Waals surface area (Å²) in [6, 6.07) is 12.1. The number of nitrogens with zero attached hydrogens (tertiary/aromatic N) is 1. The Morgan fingerprint density at radius 3 is 2.40 bits per heavy atom. The van der Waals surface area contributed by atoms with E-state index in [1.54, 1.807) is 24.3 Å². The van der Waals surface area contributed by atoms with Gasteiger partial charge in [-0.25, -0.2) is 0 Å². The fourth-order valence-electron chi connectivity index (χ4n) is 4.06. The maximum Gasteiger partial charge on any atom is 0.416 e. The van der Waals surface area contributed by atoms with Crippen molar-refractivity contribution in [3.05, 3.63) is 80.7 Å². The van der Waals surface area contributed by atoms with Crippen molar-refractivity contribution in [3.8, 4) is 6.07 Å². The molecule has 1 aromatic heterocycles. The summed E-state index contributed by atoms with van der Waals surface area (Å²) in [6.45, 7) is 5.78. The Balaban J connectivity index is 2.16. The van der Waals surface area contributed by atoms with E-state index in [9.17, 15) is 23.2 Å². The average Bonchev–Trinajstić information content (AvgIpc) is 2.81. The van der Waals surface area contributed by atoms with Crippen LogP contribution in [0.2, 0.25) is 0 Å². The lowest BCUT2D eigenvalue weighted by Gasteiger charge is -2.32. The summed E-state index contributed by atoms with van der Waals surface area (Å²) in [7, 11) is 0. The molecule has 6 heteroatoms. The summed E-state index contributed by atoms with van der Waals surface area (Å²) in [6.07, 6.45) is -3.19. The van der Waals surface area contributed by atoms with Crippen molar-refractivity contribution in [2.75, 3.05) is 0 Å². The van der Waals surface area contributed by atoms with Gasteiger partial charge in [-0.3, -0.25) is 4.79 Å². The number of benzene rings is 2. The fourth-order valence-corrected chi connectivity index (χ4v) is 4.06. The molecule has 0 saturated heterocycles. The first-order valence-electron chi connectivity index (χ1n) is 9.41. The Hall–Kier alpha value is -3.33. The predicted molar refractivity (Wildman–Crippen MR) is 109 cm³/mol. The highest BCUT2D eigenvalue weighted by molar-refractivity contribution is 5.94. The Kier molecular flexibility index (Phi) is 4.39. The van der Waals surface area contributed by atoms with Crippen molar-refractivity contribution in [1.29, 1.82) is 5.26 Å². The number of fused-ring (bicyclic) bond motifs is 3. The van der Waals surface area contributed by atoms with Crippen molar-refractivity contribution < 1.29 is 17.6 Å². The van der Waals surface area contributed by atoms with E-state index in [1.165, 1.54) is 12.1 Å². The van der Waals surface area contributed by atoms with Gasteiger partial charge < -0.3 is 4.42 Å². The highest BCUT2D eigenvalue weighted by atomic mass is 19.4. The lowest BCUT2D eigenvalue weighted by atomic mass is 9.73. The molecule has 4 rings (SSSR count). The van der Waals surface area contributed by atoms with Gasteiger partial charge in [0.1, 0.15) is 11.3 Å². The van der Waals surface area contributed by atoms with Crippen LogP contribution in [0.25, 0.3) is 22.6 Å². The molecule has 0 spiro atoms. The van der Waals surface area contributed by atoms with Gasteiger partial charge in [-0.1, -0.05) is 39.0 Å². The minimum Gasteiger partial charge on any atom is -0.460 e. The second kappa shape index (κ2) is 6.60. The van der Waals surface area contributed by atoms with Crippen LogP contribution in [0.4, 0.5) is 13.2 Å². The fraction of sp³-hybridized carbons (Fsp3) is 0.250. The van der Waals surface area contributed by atoms with Gasteiger partial charge in [0.2, 0.25) is 0 Å². The highest BCUT2D eigenvalue weighted by Crippen LogP contribution is 2.48. The Morgan fingerprint density at radius 2 is 1.77 bits per heavy atom. The summed E-state index contributed by atoms with van der Waals surface area (Å²) in [5.41, 5.74) is -0.342. The number of nitriles is 1. The molecule has 1 aliphatic rings. The number of halogens is 3. The molecule has 0 aliphatic heterocycles. The average molecular weight is 409 g/mol. The first kappa shape index (κ1) is 20.0. The van der Waals surface area contributed by atoms with Crippen LogP contribution >= 0.6 is 0 Å². The van der Waals surface area contributed by atoms with Crippen LogP contribution in [0.3, 0.4) is 0 Å². The lowest BCUT2D eigenvalue weighted by Crippen LogP contribution is -2.23. The summed E-state index contributed by atoms with van der Waals surface area (Å²) in [5, 5.41) is 10.1. The summed E-state index contributed by atoms with van der Waals surface area (Å²) >= 11 is 0. The number of hydrogen-bond acceptors (Lipinski definition) is 3. The van der Waals surface area contributed by atoms with E-state index < -0.39 is 23.1 Å². The molecular formula is C24H18F3NO2. The summed E-state index contributed by atoms with van der Waals surface area (Å²) in [4.78, 5) is 13.2. The van der Waals surface area contributed by atoms with Gasteiger partial charge in [-0.2, -0.15) is 18.4 Å². The Labute approximate surface area is 171 Å². The topological polar surface area (TPSA) is 54.0 Å². The lowest BCUT2D eigenvalue weighted by molar-refractivity contribution is -0.137. The van der Waals surface area contributed by atoms with E-state index in [4.69, 9.17) is 4.42 Å². The van der Waals surface area contributed by atoms with Crippen LogP contribution in [-0.4, -0.2) is 0 Å². The van der Waals surface area contributed by atoms with Crippen LogP contribution in [0, 0.1) is 16.7 Å². The Bertz CT molecular complexity index is 1300. The van der Waals surface area contributed by atoms with Crippen molar-refractivity contribution in [1.82, 2.24) is 0 Å². The smallest absolute Gasteiger partial charge is 0.416 e.